The van der Waals surface area contributed by atoms with Crippen molar-refractivity contribution >= 4 is 11.6 Å². The number of carbonyl (C=O) groups is 1. The lowest BCUT2D eigenvalue weighted by Gasteiger charge is -2.37. The average molecular weight is 368 g/mol. The third-order valence-corrected chi connectivity index (χ3v) is 5.57. The van der Waals surface area contributed by atoms with Crippen LogP contribution in [0.15, 0.2) is 48.5 Å². The van der Waals surface area contributed by atoms with E-state index in [9.17, 15) is 4.79 Å². The summed E-state index contributed by atoms with van der Waals surface area (Å²) in [4.78, 5) is 13.0. The van der Waals surface area contributed by atoms with Gasteiger partial charge >= 0.3 is 0 Å². The number of amides is 1. The first-order valence-corrected chi connectivity index (χ1v) is 9.94. The first kappa shape index (κ1) is 19.4. The molecule has 4 heteroatoms. The fraction of sp³-hybridized carbons (Fsp3) is 0.435. The van der Waals surface area contributed by atoms with Crippen molar-refractivity contribution in [2.45, 2.75) is 39.2 Å². The van der Waals surface area contributed by atoms with E-state index in [2.05, 4.69) is 29.6 Å². The summed E-state index contributed by atoms with van der Waals surface area (Å²) in [6.45, 7) is 5.55. The number of benzene rings is 2. The molecule has 0 aliphatic carbocycles. The molecule has 0 atom stereocenters. The van der Waals surface area contributed by atoms with Crippen molar-refractivity contribution in [3.63, 3.8) is 0 Å². The van der Waals surface area contributed by atoms with Gasteiger partial charge in [-0.25, -0.2) is 0 Å². The van der Waals surface area contributed by atoms with E-state index in [1.54, 1.807) is 7.11 Å². The second-order valence-corrected chi connectivity index (χ2v) is 7.71. The van der Waals surface area contributed by atoms with Crippen LogP contribution in [0, 0.1) is 6.92 Å². The number of anilines is 1. The third-order valence-electron chi connectivity index (χ3n) is 5.57. The van der Waals surface area contributed by atoms with Gasteiger partial charge in [-0.05, 0) is 44.2 Å². The van der Waals surface area contributed by atoms with Crippen LogP contribution in [-0.2, 0) is 11.3 Å². The number of quaternary nitrogens is 1. The van der Waals surface area contributed by atoms with Crippen molar-refractivity contribution in [2.75, 3.05) is 32.1 Å². The molecule has 1 aliphatic rings. The van der Waals surface area contributed by atoms with Crippen LogP contribution < -0.4 is 10.1 Å². The predicted octanol–water partition coefficient (Wildman–Crippen LogP) is 4.53. The molecule has 2 aromatic rings. The minimum absolute atomic E-state index is 0.0698. The van der Waals surface area contributed by atoms with Gasteiger partial charge in [0.25, 0.3) is 5.91 Å². The second-order valence-electron chi connectivity index (χ2n) is 7.71. The van der Waals surface area contributed by atoms with Gasteiger partial charge in [0, 0.05) is 5.56 Å². The minimum Gasteiger partial charge on any atom is -0.495 e. The summed E-state index contributed by atoms with van der Waals surface area (Å²) in [5, 5.41) is 3.13. The molecule has 1 heterocycles. The molecule has 0 bridgehead atoms. The van der Waals surface area contributed by atoms with E-state index >= 15 is 0 Å². The summed E-state index contributed by atoms with van der Waals surface area (Å²) < 4.78 is 6.28. The number of ether oxygens (including phenoxy) is 1. The summed E-state index contributed by atoms with van der Waals surface area (Å²) in [7, 11) is 1.64. The largest absolute Gasteiger partial charge is 0.495 e. The Morgan fingerprint density at radius 3 is 2.37 bits per heavy atom. The van der Waals surface area contributed by atoms with Crippen molar-refractivity contribution in [1.82, 2.24) is 0 Å². The third kappa shape index (κ3) is 5.10. The molecule has 27 heavy (non-hydrogen) atoms. The monoisotopic (exact) mass is 367 g/mol. The number of likely N-dealkylation sites (tertiary alicyclic amines) is 1. The maximum atomic E-state index is 13.0. The Kier molecular flexibility index (Phi) is 6.51. The Bertz CT molecular complexity index is 750. The van der Waals surface area contributed by atoms with Crippen LogP contribution in [0.5, 0.6) is 5.75 Å². The molecule has 1 N–H and O–H groups in total. The Hall–Kier alpha value is -2.33. The van der Waals surface area contributed by atoms with Gasteiger partial charge in [0.2, 0.25) is 0 Å². The fourth-order valence-corrected chi connectivity index (χ4v) is 4.16. The van der Waals surface area contributed by atoms with E-state index in [4.69, 9.17) is 4.74 Å². The summed E-state index contributed by atoms with van der Waals surface area (Å²) in [5.74, 6) is 0.786. The number of aryl methyl sites for hydroxylation is 1. The van der Waals surface area contributed by atoms with Gasteiger partial charge in [0.1, 0.15) is 12.3 Å². The molecule has 0 radical (unpaired) electrons. The van der Waals surface area contributed by atoms with Gasteiger partial charge in [0.05, 0.1) is 25.9 Å². The zero-order chi connectivity index (χ0) is 19.1. The van der Waals surface area contributed by atoms with Crippen LogP contribution in [0.25, 0.3) is 0 Å². The highest BCUT2D eigenvalue weighted by molar-refractivity contribution is 5.94. The second kappa shape index (κ2) is 9.05. The quantitative estimate of drug-likeness (QED) is 0.762. The van der Waals surface area contributed by atoms with Crippen molar-refractivity contribution in [3.05, 3.63) is 59.7 Å². The number of nitrogens with one attached hydrogen (secondary N) is 1. The van der Waals surface area contributed by atoms with Gasteiger partial charge in [0.15, 0.2) is 6.54 Å². The van der Waals surface area contributed by atoms with Crippen molar-refractivity contribution in [3.8, 4) is 5.75 Å². The maximum Gasteiger partial charge on any atom is 0.279 e. The van der Waals surface area contributed by atoms with E-state index in [1.165, 1.54) is 31.2 Å². The normalized spacial score (nSPS) is 16.4. The lowest BCUT2D eigenvalue weighted by atomic mass is 10.1. The highest BCUT2D eigenvalue weighted by Gasteiger charge is 2.32. The molecular weight excluding hydrogens is 336 g/mol. The Labute approximate surface area is 162 Å². The van der Waals surface area contributed by atoms with E-state index in [-0.39, 0.29) is 5.91 Å². The molecule has 1 amide bonds. The lowest BCUT2D eigenvalue weighted by Crippen LogP contribution is -2.52. The molecular formula is C23H31N2O2+. The molecule has 2 aromatic carbocycles. The molecule has 1 saturated heterocycles. The lowest BCUT2D eigenvalue weighted by molar-refractivity contribution is -0.932. The van der Waals surface area contributed by atoms with Crippen molar-refractivity contribution < 1.29 is 14.0 Å². The first-order valence-electron chi connectivity index (χ1n) is 9.94. The van der Waals surface area contributed by atoms with Crippen LogP contribution in [0.1, 0.15) is 36.8 Å². The molecule has 4 nitrogen and oxygen atoms in total. The standard InChI is InChI=1S/C23H30N2O2/c1-19-11-10-14-21(27-2)23(19)24-22(26)18-25(15-8-3-4-9-16-25)17-20-12-6-5-7-13-20/h5-7,10-14H,3-4,8-9,15-18H2,1-2H3/p+1. The number of para-hydroxylation sites is 1. The number of hydrogen-bond donors (Lipinski definition) is 1. The Balaban J connectivity index is 1.78. The Morgan fingerprint density at radius 2 is 1.70 bits per heavy atom. The van der Waals surface area contributed by atoms with Crippen LogP contribution in [0.3, 0.4) is 0 Å². The number of methoxy groups -OCH3 is 1. The summed E-state index contributed by atoms with van der Waals surface area (Å²) in [5.41, 5.74) is 3.12. The van der Waals surface area contributed by atoms with E-state index in [1.807, 2.05) is 31.2 Å². The SMILES string of the molecule is COc1cccc(C)c1NC(=O)C[N+]1(Cc2ccccc2)CCCCCC1. The number of rotatable bonds is 6. The van der Waals surface area contributed by atoms with E-state index < -0.39 is 0 Å². The number of carbonyl (C=O) groups excluding carboxylic acids is 1. The first-order chi connectivity index (χ1) is 13.1. The molecule has 0 saturated carbocycles. The van der Waals surface area contributed by atoms with Gasteiger partial charge < -0.3 is 14.5 Å². The van der Waals surface area contributed by atoms with Crippen molar-refractivity contribution in [2.24, 2.45) is 0 Å². The fourth-order valence-electron chi connectivity index (χ4n) is 4.16. The molecule has 144 valence electrons. The molecule has 1 fully saturated rings. The zero-order valence-electron chi connectivity index (χ0n) is 16.5. The molecule has 3 rings (SSSR count). The highest BCUT2D eigenvalue weighted by Crippen LogP contribution is 2.28. The molecule has 1 aliphatic heterocycles. The maximum absolute atomic E-state index is 13.0. The number of nitrogens with zero attached hydrogens (tertiary/aromatic N) is 1. The van der Waals surface area contributed by atoms with E-state index in [0.29, 0.717) is 12.3 Å². The van der Waals surface area contributed by atoms with Gasteiger partial charge in [-0.1, -0.05) is 42.5 Å². The van der Waals surface area contributed by atoms with Crippen LogP contribution >= 0.6 is 0 Å². The van der Waals surface area contributed by atoms with E-state index in [0.717, 1.165) is 35.4 Å². The van der Waals surface area contributed by atoms with Gasteiger partial charge in [-0.2, -0.15) is 0 Å². The zero-order valence-corrected chi connectivity index (χ0v) is 16.5. The smallest absolute Gasteiger partial charge is 0.279 e. The van der Waals surface area contributed by atoms with Crippen LogP contribution in [0.4, 0.5) is 5.69 Å². The molecule has 0 spiro atoms. The molecule has 0 aromatic heterocycles. The minimum atomic E-state index is 0.0698. The highest BCUT2D eigenvalue weighted by atomic mass is 16.5. The molecule has 0 unspecified atom stereocenters. The number of hydrogen-bond acceptors (Lipinski definition) is 2. The summed E-state index contributed by atoms with van der Waals surface area (Å²) >= 11 is 0. The Morgan fingerprint density at radius 1 is 1.00 bits per heavy atom. The van der Waals surface area contributed by atoms with Gasteiger partial charge in [-0.15, -0.1) is 0 Å². The van der Waals surface area contributed by atoms with Crippen molar-refractivity contribution in [1.29, 1.82) is 0 Å². The average Bonchev–Trinajstić information content (AvgIpc) is 2.89. The summed E-state index contributed by atoms with van der Waals surface area (Å²) in [6, 6.07) is 16.4. The van der Waals surface area contributed by atoms with Crippen LogP contribution in [-0.4, -0.2) is 37.1 Å². The summed E-state index contributed by atoms with van der Waals surface area (Å²) in [6.07, 6.45) is 4.91. The van der Waals surface area contributed by atoms with Crippen LogP contribution in [0.2, 0.25) is 0 Å². The topological polar surface area (TPSA) is 38.3 Å². The predicted molar refractivity (Wildman–Crippen MR) is 110 cm³/mol. The van der Waals surface area contributed by atoms with Gasteiger partial charge in [-0.3, -0.25) is 4.79 Å².